The number of benzene rings is 2. The van der Waals surface area contributed by atoms with Crippen LogP contribution >= 0.6 is 0 Å². The number of halogens is 2. The van der Waals surface area contributed by atoms with Crippen LogP contribution in [-0.2, 0) is 0 Å². The summed E-state index contributed by atoms with van der Waals surface area (Å²) >= 11 is 0. The molecule has 2 N–H and O–H groups in total. The summed E-state index contributed by atoms with van der Waals surface area (Å²) < 4.78 is 25.6. The lowest BCUT2D eigenvalue weighted by Crippen LogP contribution is -2.17. The normalized spacial score (nSPS) is 10.7. The summed E-state index contributed by atoms with van der Waals surface area (Å²) in [6.07, 6.45) is 1.17. The molecule has 0 saturated carbocycles. The minimum absolute atomic E-state index is 0.0648. The van der Waals surface area contributed by atoms with Gasteiger partial charge < -0.3 is 5.11 Å². The molecule has 0 radical (unpaired) electrons. The van der Waals surface area contributed by atoms with Crippen molar-refractivity contribution in [2.75, 3.05) is 0 Å². The number of hydrogen-bond acceptors (Lipinski definition) is 3. The number of hydrogen-bond donors (Lipinski definition) is 2. The van der Waals surface area contributed by atoms with Gasteiger partial charge in [0.05, 0.1) is 11.8 Å². The molecule has 0 saturated heterocycles. The number of phenolic OH excluding ortho intramolecular Hbond substituents is 1. The third kappa shape index (κ3) is 3.17. The van der Waals surface area contributed by atoms with E-state index >= 15 is 0 Å². The van der Waals surface area contributed by atoms with Gasteiger partial charge in [-0.1, -0.05) is 18.2 Å². The predicted molar refractivity (Wildman–Crippen MR) is 69.5 cm³/mol. The van der Waals surface area contributed by atoms with Gasteiger partial charge in [-0.25, -0.2) is 14.2 Å². The molecule has 0 unspecified atom stereocenters. The fourth-order valence-corrected chi connectivity index (χ4v) is 1.48. The van der Waals surface area contributed by atoms with E-state index in [2.05, 4.69) is 10.5 Å². The molecule has 0 heterocycles. The average molecular weight is 276 g/mol. The van der Waals surface area contributed by atoms with Crippen molar-refractivity contribution in [1.82, 2.24) is 5.43 Å². The number of aromatic hydroxyl groups is 1. The molecule has 102 valence electrons. The Labute approximate surface area is 113 Å². The van der Waals surface area contributed by atoms with Crippen LogP contribution in [0, 0.1) is 11.6 Å². The topological polar surface area (TPSA) is 61.7 Å². The lowest BCUT2D eigenvalue weighted by Gasteiger charge is -2.01. The molecule has 0 fully saturated rings. The summed E-state index contributed by atoms with van der Waals surface area (Å²) in [4.78, 5) is 11.7. The van der Waals surface area contributed by atoms with E-state index in [4.69, 9.17) is 0 Å². The highest BCUT2D eigenvalue weighted by Gasteiger charge is 2.08. The van der Waals surface area contributed by atoms with Gasteiger partial charge in [-0.3, -0.25) is 4.79 Å². The Kier molecular flexibility index (Phi) is 4.05. The fraction of sp³-hybridized carbons (Fsp3) is 0. The summed E-state index contributed by atoms with van der Waals surface area (Å²) in [6, 6.07) is 9.19. The van der Waals surface area contributed by atoms with E-state index in [1.54, 1.807) is 12.1 Å². The number of hydrazone groups is 1. The molecule has 0 aliphatic carbocycles. The second-order valence-electron chi connectivity index (χ2n) is 3.89. The Bertz CT molecular complexity index is 672. The Morgan fingerprint density at radius 3 is 2.60 bits per heavy atom. The minimum atomic E-state index is -0.999. The van der Waals surface area contributed by atoms with Crippen LogP contribution in [0.2, 0.25) is 0 Å². The van der Waals surface area contributed by atoms with Crippen LogP contribution in [0.3, 0.4) is 0 Å². The summed E-state index contributed by atoms with van der Waals surface area (Å²) in [5.41, 5.74) is 2.53. The standard InChI is InChI=1S/C14H10F2N2O2/c15-11-6-5-9(7-12(11)16)8-17-18-14(20)10-3-1-2-4-13(10)19/h1-8,19H,(H,18,20)/b17-8-. The van der Waals surface area contributed by atoms with Crippen molar-refractivity contribution in [2.24, 2.45) is 5.10 Å². The van der Waals surface area contributed by atoms with E-state index in [9.17, 15) is 18.7 Å². The summed E-state index contributed by atoms with van der Waals surface area (Å²) in [5.74, 6) is -2.74. The number of rotatable bonds is 3. The van der Waals surface area contributed by atoms with Gasteiger partial charge >= 0.3 is 0 Å². The molecule has 20 heavy (non-hydrogen) atoms. The van der Waals surface area contributed by atoms with Crippen molar-refractivity contribution < 1.29 is 18.7 Å². The first-order valence-electron chi connectivity index (χ1n) is 5.64. The molecule has 0 atom stereocenters. The summed E-state index contributed by atoms with van der Waals surface area (Å²) in [6.45, 7) is 0. The van der Waals surface area contributed by atoms with Gasteiger partial charge in [0.15, 0.2) is 11.6 Å². The maximum absolute atomic E-state index is 12.9. The zero-order valence-electron chi connectivity index (χ0n) is 10.2. The van der Waals surface area contributed by atoms with Crippen LogP contribution in [-0.4, -0.2) is 17.2 Å². The highest BCUT2D eigenvalue weighted by molar-refractivity contribution is 5.97. The maximum atomic E-state index is 12.9. The molecule has 0 bridgehead atoms. The third-order valence-corrected chi connectivity index (χ3v) is 2.47. The van der Waals surface area contributed by atoms with Crippen LogP contribution in [0.25, 0.3) is 0 Å². The lowest BCUT2D eigenvalue weighted by atomic mass is 10.2. The van der Waals surface area contributed by atoms with Crippen molar-refractivity contribution in [3.63, 3.8) is 0 Å². The van der Waals surface area contributed by atoms with Gasteiger partial charge in [0.2, 0.25) is 0 Å². The van der Waals surface area contributed by atoms with Crippen molar-refractivity contribution >= 4 is 12.1 Å². The zero-order chi connectivity index (χ0) is 14.5. The van der Waals surface area contributed by atoms with Crippen molar-refractivity contribution in [1.29, 1.82) is 0 Å². The number of nitrogens with zero attached hydrogens (tertiary/aromatic N) is 1. The van der Waals surface area contributed by atoms with Gasteiger partial charge in [-0.15, -0.1) is 0 Å². The molecule has 2 aromatic rings. The second-order valence-corrected chi connectivity index (χ2v) is 3.89. The molecule has 0 spiro atoms. The van der Waals surface area contributed by atoms with Crippen LogP contribution in [0.1, 0.15) is 15.9 Å². The van der Waals surface area contributed by atoms with E-state index in [1.165, 1.54) is 24.4 Å². The number of phenols is 1. The fourth-order valence-electron chi connectivity index (χ4n) is 1.48. The van der Waals surface area contributed by atoms with Gasteiger partial charge in [-0.2, -0.15) is 5.10 Å². The minimum Gasteiger partial charge on any atom is -0.507 e. The third-order valence-electron chi connectivity index (χ3n) is 2.47. The van der Waals surface area contributed by atoms with Crippen LogP contribution in [0.4, 0.5) is 8.78 Å². The van der Waals surface area contributed by atoms with Crippen LogP contribution in [0.15, 0.2) is 47.6 Å². The average Bonchev–Trinajstić information content (AvgIpc) is 2.43. The monoisotopic (exact) mass is 276 g/mol. The highest BCUT2D eigenvalue weighted by Crippen LogP contribution is 2.14. The molecular weight excluding hydrogens is 266 g/mol. The number of carbonyl (C=O) groups is 1. The Morgan fingerprint density at radius 2 is 1.90 bits per heavy atom. The number of para-hydroxylation sites is 1. The number of amides is 1. The maximum Gasteiger partial charge on any atom is 0.275 e. The first-order valence-corrected chi connectivity index (χ1v) is 5.64. The smallest absolute Gasteiger partial charge is 0.275 e. The van der Waals surface area contributed by atoms with Gasteiger partial charge in [0.1, 0.15) is 5.75 Å². The van der Waals surface area contributed by atoms with Crippen LogP contribution < -0.4 is 5.43 Å². The molecule has 4 nitrogen and oxygen atoms in total. The summed E-state index contributed by atoms with van der Waals surface area (Å²) in [5, 5.41) is 13.1. The Balaban J connectivity index is 2.05. The molecular formula is C14H10F2N2O2. The summed E-state index contributed by atoms with van der Waals surface area (Å²) in [7, 11) is 0. The Hall–Kier alpha value is -2.76. The predicted octanol–water partition coefficient (Wildman–Crippen LogP) is 2.43. The van der Waals surface area contributed by atoms with E-state index in [0.29, 0.717) is 5.56 Å². The largest absolute Gasteiger partial charge is 0.507 e. The lowest BCUT2D eigenvalue weighted by molar-refractivity contribution is 0.0952. The first-order chi connectivity index (χ1) is 9.58. The molecule has 0 aliphatic rings. The first kappa shape index (κ1) is 13.7. The molecule has 0 aliphatic heterocycles. The quantitative estimate of drug-likeness (QED) is 0.668. The van der Waals surface area contributed by atoms with Crippen molar-refractivity contribution in [3.05, 3.63) is 65.2 Å². The molecule has 2 aromatic carbocycles. The van der Waals surface area contributed by atoms with Crippen molar-refractivity contribution in [3.8, 4) is 5.75 Å². The van der Waals surface area contributed by atoms with E-state index < -0.39 is 17.5 Å². The van der Waals surface area contributed by atoms with Gasteiger partial charge in [-0.05, 0) is 29.8 Å². The van der Waals surface area contributed by atoms with Gasteiger partial charge in [0, 0.05) is 0 Å². The molecule has 6 heteroatoms. The van der Waals surface area contributed by atoms with Crippen molar-refractivity contribution in [2.45, 2.75) is 0 Å². The van der Waals surface area contributed by atoms with E-state index in [-0.39, 0.29) is 11.3 Å². The van der Waals surface area contributed by atoms with Crippen LogP contribution in [0.5, 0.6) is 5.75 Å². The molecule has 2 rings (SSSR count). The SMILES string of the molecule is O=C(N/N=C\c1ccc(F)c(F)c1)c1ccccc1O. The Morgan fingerprint density at radius 1 is 1.15 bits per heavy atom. The van der Waals surface area contributed by atoms with Gasteiger partial charge in [0.25, 0.3) is 5.91 Å². The number of nitrogens with one attached hydrogen (secondary N) is 1. The molecule has 1 amide bonds. The van der Waals surface area contributed by atoms with E-state index in [1.807, 2.05) is 0 Å². The van der Waals surface area contributed by atoms with E-state index in [0.717, 1.165) is 12.1 Å². The molecule has 0 aromatic heterocycles. The second kappa shape index (κ2) is 5.92. The highest BCUT2D eigenvalue weighted by atomic mass is 19.2. The number of carbonyl (C=O) groups excluding carboxylic acids is 1. The zero-order valence-corrected chi connectivity index (χ0v) is 10.2.